The number of nitrogens with zero attached hydrogens (tertiary/aromatic N) is 3. The van der Waals surface area contributed by atoms with Gasteiger partial charge < -0.3 is 10.6 Å². The van der Waals surface area contributed by atoms with Gasteiger partial charge in [0.25, 0.3) is 5.82 Å². The zero-order valence-corrected chi connectivity index (χ0v) is 20.5. The quantitative estimate of drug-likeness (QED) is 0.683. The number of rotatable bonds is 5. The van der Waals surface area contributed by atoms with Gasteiger partial charge in [0, 0.05) is 6.54 Å². The van der Waals surface area contributed by atoms with Crippen LogP contribution in [0.3, 0.4) is 0 Å². The molecule has 170 valence electrons. The number of fused-ring (bicyclic) bond motifs is 2. The Labute approximate surface area is 188 Å². The predicted molar refractivity (Wildman–Crippen MR) is 129 cm³/mol. The number of anilines is 2. The molecule has 3 N–H and O–H groups in total. The van der Waals surface area contributed by atoms with Crippen LogP contribution < -0.4 is 15.5 Å². The first-order valence-electron chi connectivity index (χ1n) is 12.2. The van der Waals surface area contributed by atoms with Crippen molar-refractivity contribution < 1.29 is 4.90 Å². The third-order valence-electron chi connectivity index (χ3n) is 9.31. The van der Waals surface area contributed by atoms with E-state index in [9.17, 15) is 0 Å². The van der Waals surface area contributed by atoms with Gasteiger partial charge in [0.15, 0.2) is 18.2 Å². The van der Waals surface area contributed by atoms with Gasteiger partial charge in [-0.25, -0.2) is 4.98 Å². The number of nitrogens with two attached hydrogens (primary N) is 1. The number of hydrogen-bond acceptors (Lipinski definition) is 4. The van der Waals surface area contributed by atoms with Gasteiger partial charge in [-0.15, -0.1) is 0 Å². The standard InChI is InChI=1S/C26H41N5/c1-18(12-15-31-17-30(6)24-22(31)23(27)28-16-29-24)10-13-25(4)20(3)11-14-26(5)19(2)8-7-9-21(25)26/h8,12,16,20-21H,7,9-11,13-15,17H2,1-6H3,(H2,27,28,29)/p+1/b18-12+/t20-,21-,25+,26+/m1/s1. The molecular weight excluding hydrogens is 382 g/mol. The first-order chi connectivity index (χ1) is 14.7. The van der Waals surface area contributed by atoms with E-state index >= 15 is 0 Å². The van der Waals surface area contributed by atoms with Gasteiger partial charge in [0.2, 0.25) is 0 Å². The molecule has 1 aromatic rings. The zero-order chi connectivity index (χ0) is 22.4. The summed E-state index contributed by atoms with van der Waals surface area (Å²) in [5.41, 5.74) is 11.1. The third kappa shape index (κ3) is 3.79. The predicted octanol–water partition coefficient (Wildman–Crippen LogP) is 4.51. The number of nitrogens with one attached hydrogen (secondary N) is 1. The van der Waals surface area contributed by atoms with Crippen molar-refractivity contribution in [2.75, 3.05) is 30.9 Å². The Morgan fingerprint density at radius 1 is 1.32 bits per heavy atom. The lowest BCUT2D eigenvalue weighted by molar-refractivity contribution is -0.805. The fourth-order valence-corrected chi connectivity index (χ4v) is 6.78. The molecule has 1 fully saturated rings. The molecule has 2 aliphatic carbocycles. The van der Waals surface area contributed by atoms with Crippen LogP contribution in [0, 0.1) is 22.7 Å². The molecule has 0 saturated heterocycles. The summed E-state index contributed by atoms with van der Waals surface area (Å²) in [6.07, 6.45) is 14.3. The van der Waals surface area contributed by atoms with Crippen molar-refractivity contribution in [2.24, 2.45) is 22.7 Å². The number of quaternary nitrogens is 1. The highest BCUT2D eigenvalue weighted by Crippen LogP contribution is 2.61. The van der Waals surface area contributed by atoms with E-state index in [0.717, 1.165) is 36.6 Å². The molecule has 31 heavy (non-hydrogen) atoms. The topological polar surface area (TPSA) is 59.5 Å². The maximum absolute atomic E-state index is 6.17. The van der Waals surface area contributed by atoms with E-state index in [2.05, 4.69) is 68.7 Å². The summed E-state index contributed by atoms with van der Waals surface area (Å²) in [7, 11) is 2.14. The number of hydrogen-bond donors (Lipinski definition) is 2. The normalized spacial score (nSPS) is 35.5. The maximum Gasteiger partial charge on any atom is 0.256 e. The minimum atomic E-state index is 0.404. The van der Waals surface area contributed by atoms with Gasteiger partial charge in [-0.05, 0) is 75.0 Å². The average Bonchev–Trinajstić information content (AvgIpc) is 3.07. The Kier molecular flexibility index (Phi) is 5.93. The van der Waals surface area contributed by atoms with Crippen LogP contribution in [0.1, 0.15) is 73.1 Å². The highest BCUT2D eigenvalue weighted by molar-refractivity contribution is 5.73. The Bertz CT molecular complexity index is 890. The smallest absolute Gasteiger partial charge is 0.256 e. The van der Waals surface area contributed by atoms with Gasteiger partial charge in [-0.2, -0.15) is 4.98 Å². The molecule has 1 unspecified atom stereocenters. The Morgan fingerprint density at radius 2 is 2.10 bits per heavy atom. The fraction of sp³-hybridized carbons (Fsp3) is 0.692. The van der Waals surface area contributed by atoms with Gasteiger partial charge in [-0.3, -0.25) is 4.90 Å². The summed E-state index contributed by atoms with van der Waals surface area (Å²) in [6, 6.07) is 0. The van der Waals surface area contributed by atoms with Crippen molar-refractivity contribution in [3.63, 3.8) is 0 Å². The second-order valence-corrected chi connectivity index (χ2v) is 11.0. The molecule has 4 rings (SSSR count). The minimum absolute atomic E-state index is 0.404. The SMILES string of the molecule is CC1=CCC[C@@H]2[C@@](C)(CC/C(C)=C/CN3C[NH+](C)c4ncnc(N)c43)[C@H](C)CC[C@@]12C. The molecule has 0 bridgehead atoms. The highest BCUT2D eigenvalue weighted by atomic mass is 15.4. The van der Waals surface area contributed by atoms with E-state index < -0.39 is 0 Å². The largest absolute Gasteiger partial charge is 0.382 e. The summed E-state index contributed by atoms with van der Waals surface area (Å²) in [5.74, 6) is 3.21. The summed E-state index contributed by atoms with van der Waals surface area (Å²) in [5, 5.41) is 0. The first-order valence-corrected chi connectivity index (χ1v) is 12.2. The van der Waals surface area contributed by atoms with Crippen molar-refractivity contribution in [2.45, 2.75) is 73.1 Å². The summed E-state index contributed by atoms with van der Waals surface area (Å²) < 4.78 is 0. The second-order valence-electron chi connectivity index (χ2n) is 11.0. The van der Waals surface area contributed by atoms with E-state index in [1.165, 1.54) is 49.0 Å². The average molecular weight is 425 g/mol. The molecule has 5 nitrogen and oxygen atoms in total. The number of aromatic nitrogens is 2. The second kappa shape index (κ2) is 8.23. The monoisotopic (exact) mass is 424 g/mol. The van der Waals surface area contributed by atoms with Gasteiger partial charge in [-0.1, -0.05) is 44.1 Å². The van der Waals surface area contributed by atoms with Crippen LogP contribution in [0.2, 0.25) is 0 Å². The summed E-state index contributed by atoms with van der Waals surface area (Å²) in [4.78, 5) is 12.3. The van der Waals surface area contributed by atoms with Crippen LogP contribution in [0.5, 0.6) is 0 Å². The van der Waals surface area contributed by atoms with E-state index in [1.54, 1.807) is 11.9 Å². The van der Waals surface area contributed by atoms with Gasteiger partial charge in [0.05, 0.1) is 7.05 Å². The maximum atomic E-state index is 6.17. The Hall–Kier alpha value is -1.88. The molecule has 0 spiro atoms. The van der Waals surface area contributed by atoms with Crippen LogP contribution in [-0.2, 0) is 0 Å². The number of allylic oxidation sites excluding steroid dienone is 3. The van der Waals surface area contributed by atoms with Crippen molar-refractivity contribution in [1.29, 1.82) is 0 Å². The molecule has 0 amide bonds. The molecule has 0 aromatic carbocycles. The van der Waals surface area contributed by atoms with Crippen LogP contribution in [0.15, 0.2) is 29.6 Å². The van der Waals surface area contributed by atoms with E-state index in [-0.39, 0.29) is 0 Å². The van der Waals surface area contributed by atoms with Crippen LogP contribution in [-0.4, -0.2) is 30.2 Å². The van der Waals surface area contributed by atoms with E-state index in [1.807, 2.05) is 0 Å². The fourth-order valence-electron chi connectivity index (χ4n) is 6.78. The molecule has 3 aliphatic rings. The zero-order valence-electron chi connectivity index (χ0n) is 20.5. The first kappa shape index (κ1) is 22.3. The summed E-state index contributed by atoms with van der Waals surface area (Å²) in [6.45, 7) is 14.1. The molecular formula is C26H42N5+. The van der Waals surface area contributed by atoms with Crippen molar-refractivity contribution in [3.05, 3.63) is 29.6 Å². The van der Waals surface area contributed by atoms with Crippen LogP contribution in [0.4, 0.5) is 17.3 Å². The molecule has 1 aromatic heterocycles. The Morgan fingerprint density at radius 3 is 2.87 bits per heavy atom. The Balaban J connectivity index is 1.44. The van der Waals surface area contributed by atoms with E-state index in [0.29, 0.717) is 16.6 Å². The van der Waals surface area contributed by atoms with Crippen LogP contribution >= 0.6 is 0 Å². The lowest BCUT2D eigenvalue weighted by Crippen LogP contribution is -3.03. The van der Waals surface area contributed by atoms with E-state index in [4.69, 9.17) is 5.73 Å². The molecule has 1 aliphatic heterocycles. The third-order valence-corrected chi connectivity index (χ3v) is 9.31. The van der Waals surface area contributed by atoms with Crippen molar-refractivity contribution in [3.8, 4) is 0 Å². The molecule has 5 heteroatoms. The highest BCUT2D eigenvalue weighted by Gasteiger charge is 2.52. The minimum Gasteiger partial charge on any atom is -0.382 e. The molecule has 1 saturated carbocycles. The molecule has 0 radical (unpaired) electrons. The lowest BCUT2D eigenvalue weighted by atomic mass is 9.47. The van der Waals surface area contributed by atoms with Crippen molar-refractivity contribution in [1.82, 2.24) is 9.97 Å². The lowest BCUT2D eigenvalue weighted by Gasteiger charge is -2.58. The van der Waals surface area contributed by atoms with Gasteiger partial charge >= 0.3 is 0 Å². The van der Waals surface area contributed by atoms with Gasteiger partial charge in [0.1, 0.15) is 6.33 Å². The molecule has 2 heterocycles. The molecule has 5 atom stereocenters. The van der Waals surface area contributed by atoms with Crippen molar-refractivity contribution >= 4 is 17.3 Å². The van der Waals surface area contributed by atoms with Crippen LogP contribution in [0.25, 0.3) is 0 Å². The number of nitrogen functional groups attached to an aromatic ring is 1. The summed E-state index contributed by atoms with van der Waals surface area (Å²) >= 11 is 0.